The molecule has 9 rings (SSSR count). The maximum atomic E-state index is 15.8. The lowest BCUT2D eigenvalue weighted by atomic mass is 10.0. The lowest BCUT2D eigenvalue weighted by Gasteiger charge is -2.37. The van der Waals surface area contributed by atoms with Crippen molar-refractivity contribution in [3.05, 3.63) is 53.7 Å². The van der Waals surface area contributed by atoms with Gasteiger partial charge in [-0.1, -0.05) is 0 Å². The summed E-state index contributed by atoms with van der Waals surface area (Å²) in [5.74, 6) is -1.72. The zero-order valence-corrected chi connectivity index (χ0v) is 34.5. The van der Waals surface area contributed by atoms with Gasteiger partial charge in [-0.3, -0.25) is 29.4 Å². The number of piperazine rings is 1. The van der Waals surface area contributed by atoms with Gasteiger partial charge in [0.15, 0.2) is 11.5 Å². The highest BCUT2D eigenvalue weighted by molar-refractivity contribution is 6.10. The quantitative estimate of drug-likeness (QED) is 0.134. The Labute approximate surface area is 356 Å². The molecule has 6 amide bonds. The number of piperidine rings is 2. The second-order valence-corrected chi connectivity index (χ2v) is 16.7. The first-order chi connectivity index (χ1) is 30.0. The zero-order chi connectivity index (χ0) is 43.1. The third kappa shape index (κ3) is 8.23. The number of hydrogen-bond acceptors (Lipinski definition) is 14. The van der Waals surface area contributed by atoms with Gasteiger partial charge in [-0.05, 0) is 61.9 Å². The van der Waals surface area contributed by atoms with Crippen molar-refractivity contribution in [3.63, 3.8) is 0 Å². The molecule has 0 bridgehead atoms. The van der Waals surface area contributed by atoms with Crippen LogP contribution in [0.5, 0.6) is 0 Å². The van der Waals surface area contributed by atoms with Crippen molar-refractivity contribution >= 4 is 69.5 Å². The van der Waals surface area contributed by atoms with Crippen molar-refractivity contribution < 1.29 is 28.4 Å². The predicted octanol–water partition coefficient (Wildman–Crippen LogP) is 1.25. The summed E-state index contributed by atoms with van der Waals surface area (Å²) in [6.07, 6.45) is 4.67. The fourth-order valence-electron chi connectivity index (χ4n) is 9.35. The molecule has 2 aromatic heterocycles. The van der Waals surface area contributed by atoms with Crippen LogP contribution >= 0.6 is 0 Å². The van der Waals surface area contributed by atoms with Crippen LogP contribution in [0.3, 0.4) is 0 Å². The number of benzene rings is 2. The third-order valence-electron chi connectivity index (χ3n) is 12.7. The van der Waals surface area contributed by atoms with E-state index >= 15 is 4.39 Å². The van der Waals surface area contributed by atoms with Crippen molar-refractivity contribution in [2.24, 2.45) is 11.7 Å². The molecular weight excluding hydrogens is 802 g/mol. The highest BCUT2D eigenvalue weighted by Crippen LogP contribution is 2.33. The van der Waals surface area contributed by atoms with Gasteiger partial charge in [0.05, 0.1) is 34.8 Å². The molecule has 0 saturated carbocycles. The fraction of sp³-hybridized carbons (Fsp3) is 0.488. The van der Waals surface area contributed by atoms with Gasteiger partial charge in [0.25, 0.3) is 11.8 Å². The summed E-state index contributed by atoms with van der Waals surface area (Å²) in [6, 6.07) is 7.72. The van der Waals surface area contributed by atoms with E-state index in [9.17, 15) is 24.0 Å². The number of carbonyl (C=O) groups excluding carboxylic acids is 5. The van der Waals surface area contributed by atoms with Crippen LogP contribution in [0.4, 0.5) is 38.0 Å². The normalized spacial score (nSPS) is 22.5. The van der Waals surface area contributed by atoms with Gasteiger partial charge in [0, 0.05) is 91.1 Å². The monoisotopic (exact) mass is 851 g/mol. The fourth-order valence-corrected chi connectivity index (χ4v) is 9.35. The van der Waals surface area contributed by atoms with Crippen LogP contribution < -0.4 is 36.4 Å². The lowest BCUT2D eigenvalue weighted by Crippen LogP contribution is -2.52. The van der Waals surface area contributed by atoms with E-state index in [0.717, 1.165) is 63.2 Å². The Bertz CT molecular complexity index is 2410. The molecule has 0 spiro atoms. The van der Waals surface area contributed by atoms with E-state index in [2.05, 4.69) is 50.9 Å². The van der Waals surface area contributed by atoms with Crippen LogP contribution in [0, 0.1) is 11.7 Å². The molecule has 20 nitrogen and oxygen atoms in total. The minimum atomic E-state index is -0.818. The van der Waals surface area contributed by atoms with E-state index in [4.69, 9.17) is 5.73 Å². The number of likely N-dealkylation sites (N-methyl/N-ethyl adjacent to an activating group) is 1. The molecule has 0 radical (unpaired) electrons. The summed E-state index contributed by atoms with van der Waals surface area (Å²) < 4.78 is 15.8. The molecule has 4 aromatic rings. The first-order valence-corrected chi connectivity index (χ1v) is 21.2. The van der Waals surface area contributed by atoms with E-state index in [1.807, 2.05) is 20.8 Å². The molecule has 5 fully saturated rings. The first kappa shape index (κ1) is 40.7. The Balaban J connectivity index is 0.788. The number of imide groups is 1. The number of primary amides is 1. The second kappa shape index (κ2) is 17.0. The number of carbonyl (C=O) groups is 5. The average molecular weight is 852 g/mol. The molecule has 2 aromatic carbocycles. The summed E-state index contributed by atoms with van der Waals surface area (Å²) in [7, 11) is 1.79. The van der Waals surface area contributed by atoms with Crippen molar-refractivity contribution in [2.45, 2.75) is 44.2 Å². The average Bonchev–Trinajstić information content (AvgIpc) is 4.03. The molecule has 62 heavy (non-hydrogen) atoms. The van der Waals surface area contributed by atoms with Crippen molar-refractivity contribution in [1.82, 2.24) is 50.5 Å². The Morgan fingerprint density at radius 1 is 0.903 bits per heavy atom. The number of amides is 6. The molecule has 5 aliphatic rings. The number of halogens is 1. The van der Waals surface area contributed by atoms with E-state index in [-0.39, 0.29) is 42.3 Å². The number of nitrogens with two attached hydrogens (primary N) is 1. The van der Waals surface area contributed by atoms with Crippen LogP contribution in [0.25, 0.3) is 11.0 Å². The largest absolute Gasteiger partial charge is 0.369 e. The Morgan fingerprint density at radius 3 is 2.48 bits per heavy atom. The molecule has 7 heterocycles. The molecule has 326 valence electrons. The number of aromatic amines is 1. The number of fused-ring (bicyclic) bond motifs is 1. The minimum Gasteiger partial charge on any atom is -0.369 e. The smallest absolute Gasteiger partial charge is 0.320 e. The van der Waals surface area contributed by atoms with Crippen LogP contribution in [0.2, 0.25) is 0 Å². The Hall–Kier alpha value is -6.64. The number of aromatic nitrogens is 5. The number of rotatable bonds is 11. The summed E-state index contributed by atoms with van der Waals surface area (Å²) in [5, 5.41) is 16.4. The summed E-state index contributed by atoms with van der Waals surface area (Å²) in [6.45, 7) is 7.95. The van der Waals surface area contributed by atoms with Gasteiger partial charge in [0.2, 0.25) is 17.8 Å². The molecule has 0 aliphatic carbocycles. The van der Waals surface area contributed by atoms with Crippen LogP contribution in [0.1, 0.15) is 53.0 Å². The Kier molecular flexibility index (Phi) is 11.2. The predicted molar refractivity (Wildman–Crippen MR) is 227 cm³/mol. The van der Waals surface area contributed by atoms with E-state index in [0.29, 0.717) is 73.6 Å². The van der Waals surface area contributed by atoms with Gasteiger partial charge >= 0.3 is 6.03 Å². The van der Waals surface area contributed by atoms with Gasteiger partial charge in [-0.25, -0.2) is 14.2 Å². The van der Waals surface area contributed by atoms with Crippen molar-refractivity contribution in [3.8, 4) is 0 Å². The number of urea groups is 1. The maximum absolute atomic E-state index is 15.8. The molecule has 5 saturated heterocycles. The number of hydrogen-bond donors (Lipinski definition) is 5. The van der Waals surface area contributed by atoms with Crippen LogP contribution in [-0.4, -0.2) is 161 Å². The lowest BCUT2D eigenvalue weighted by molar-refractivity contribution is -0.134. The number of anilines is 5. The van der Waals surface area contributed by atoms with Gasteiger partial charge in [-0.15, -0.1) is 10.2 Å². The molecule has 6 N–H and O–H groups in total. The van der Waals surface area contributed by atoms with E-state index < -0.39 is 29.6 Å². The molecule has 3 unspecified atom stereocenters. The van der Waals surface area contributed by atoms with Gasteiger partial charge in [-0.2, -0.15) is 4.98 Å². The number of nitrogens with zero attached hydrogens (tertiary/aromatic N) is 10. The van der Waals surface area contributed by atoms with Gasteiger partial charge in [0.1, 0.15) is 17.4 Å². The topological polar surface area (TPSA) is 234 Å². The first-order valence-electron chi connectivity index (χ1n) is 21.2. The molecular formula is C41H50FN15O5. The number of imidazole rings is 1. The standard InChI is InChI=1S/C41H50FN15O5/c1-52-13-18-57(41(52)62)26-3-2-11-56(22-26)40-49-37(35(36(43)59)50-51-40)46-25-4-7-30(28(42)19-25)54-16-14-53(15-17-54)20-24-10-12-55(21-24)31-8-5-27(33-34(31)45-23-44-33)38(60)47-29-6-9-32(58)48-39(29)61/h4-5,7-8,19,23-24,26,29H,2-3,6,9-18,20-22H2,1H3,(H2,43,59)(H,44,45)(H,47,60)(H,46,49,51)(H,48,58,61). The SMILES string of the molecule is CN1CCN(C2CCCN(c3nnc(C(N)=O)c(Nc4ccc(N5CCN(CC6CCN(c7ccc(C(=O)NC8CCC(=O)NC8=O)c8nc[nH]c78)C6)CC5)c(F)c4)n3)C2)C1=O. The summed E-state index contributed by atoms with van der Waals surface area (Å²) >= 11 is 0. The number of H-pyrrole nitrogens is 1. The second-order valence-electron chi connectivity index (χ2n) is 16.7. The highest BCUT2D eigenvalue weighted by Gasteiger charge is 2.36. The molecule has 21 heteroatoms. The summed E-state index contributed by atoms with van der Waals surface area (Å²) in [5.41, 5.74) is 8.92. The Morgan fingerprint density at radius 2 is 1.73 bits per heavy atom. The van der Waals surface area contributed by atoms with Gasteiger partial charge < -0.3 is 45.9 Å². The van der Waals surface area contributed by atoms with Crippen LogP contribution in [-0.2, 0) is 9.59 Å². The maximum Gasteiger partial charge on any atom is 0.320 e. The third-order valence-corrected chi connectivity index (χ3v) is 12.7. The minimum absolute atomic E-state index is 0.00178. The highest BCUT2D eigenvalue weighted by atomic mass is 19.1. The van der Waals surface area contributed by atoms with Crippen LogP contribution in [0.15, 0.2) is 36.7 Å². The van der Waals surface area contributed by atoms with Crippen molar-refractivity contribution in [1.29, 1.82) is 0 Å². The molecule has 5 aliphatic heterocycles. The summed E-state index contributed by atoms with van der Waals surface area (Å²) in [4.78, 5) is 86.5. The van der Waals surface area contributed by atoms with E-state index in [1.54, 1.807) is 36.5 Å². The zero-order valence-electron chi connectivity index (χ0n) is 34.5. The number of nitrogens with one attached hydrogen (secondary N) is 4. The van der Waals surface area contributed by atoms with Crippen molar-refractivity contribution in [2.75, 3.05) is 99.1 Å². The van der Waals surface area contributed by atoms with E-state index in [1.165, 1.54) is 6.07 Å². The molecule has 3 atom stereocenters.